The van der Waals surface area contributed by atoms with Gasteiger partial charge < -0.3 is 10.6 Å². The normalized spacial score (nSPS) is 10.5. The largest absolute Gasteiger partial charge is 0.355 e. The molecule has 0 aliphatic heterocycles. The van der Waals surface area contributed by atoms with Gasteiger partial charge >= 0.3 is 0 Å². The van der Waals surface area contributed by atoms with Crippen molar-refractivity contribution < 1.29 is 9.59 Å². The number of nitrogens with one attached hydrogen (secondary N) is 2. The maximum absolute atomic E-state index is 12.4. The third-order valence-electron chi connectivity index (χ3n) is 3.95. The van der Waals surface area contributed by atoms with E-state index in [1.165, 1.54) is 10.9 Å². The molecular formula is C19H18N4O3. The van der Waals surface area contributed by atoms with E-state index in [2.05, 4.69) is 15.6 Å². The highest BCUT2D eigenvalue weighted by Gasteiger charge is 2.09. The van der Waals surface area contributed by atoms with Crippen LogP contribution >= 0.6 is 0 Å². The van der Waals surface area contributed by atoms with E-state index in [4.69, 9.17) is 0 Å². The molecule has 0 atom stereocenters. The van der Waals surface area contributed by atoms with E-state index < -0.39 is 0 Å². The Morgan fingerprint density at radius 3 is 2.73 bits per heavy atom. The second-order valence-electron chi connectivity index (χ2n) is 5.75. The second kappa shape index (κ2) is 7.60. The van der Waals surface area contributed by atoms with Crippen LogP contribution in [0.25, 0.3) is 10.9 Å². The fraction of sp³-hybridized carbons (Fsp3) is 0.158. The molecule has 1 aromatic heterocycles. The van der Waals surface area contributed by atoms with E-state index in [-0.39, 0.29) is 30.5 Å². The second-order valence-corrected chi connectivity index (χ2v) is 5.75. The van der Waals surface area contributed by atoms with Gasteiger partial charge in [0, 0.05) is 19.2 Å². The molecule has 7 heteroatoms. The lowest BCUT2D eigenvalue weighted by Gasteiger charge is -2.09. The summed E-state index contributed by atoms with van der Waals surface area (Å²) in [6.07, 6.45) is 1.37. The zero-order chi connectivity index (χ0) is 18.5. The predicted octanol–water partition coefficient (Wildman–Crippen LogP) is 1.07. The summed E-state index contributed by atoms with van der Waals surface area (Å²) in [5.74, 6) is -0.499. The highest BCUT2D eigenvalue weighted by Crippen LogP contribution is 2.06. The Kier molecular flexibility index (Phi) is 5.07. The Balaban J connectivity index is 1.67. The summed E-state index contributed by atoms with van der Waals surface area (Å²) in [7, 11) is 1.56. The molecule has 2 amide bonds. The van der Waals surface area contributed by atoms with Gasteiger partial charge in [-0.1, -0.05) is 24.3 Å². The van der Waals surface area contributed by atoms with Gasteiger partial charge in [-0.05, 0) is 29.8 Å². The van der Waals surface area contributed by atoms with E-state index in [0.29, 0.717) is 16.5 Å². The number of carbonyl (C=O) groups excluding carboxylic acids is 2. The minimum Gasteiger partial charge on any atom is -0.355 e. The van der Waals surface area contributed by atoms with Gasteiger partial charge in [0.05, 0.1) is 17.2 Å². The number of hydrogen-bond donors (Lipinski definition) is 2. The fourth-order valence-corrected chi connectivity index (χ4v) is 2.60. The van der Waals surface area contributed by atoms with Gasteiger partial charge in [0.15, 0.2) is 0 Å². The molecule has 0 saturated heterocycles. The fourth-order valence-electron chi connectivity index (χ4n) is 2.60. The van der Waals surface area contributed by atoms with E-state index in [0.717, 1.165) is 5.56 Å². The summed E-state index contributed by atoms with van der Waals surface area (Å²) < 4.78 is 1.28. The zero-order valence-electron chi connectivity index (χ0n) is 14.2. The molecular weight excluding hydrogens is 332 g/mol. The Morgan fingerprint density at radius 2 is 1.92 bits per heavy atom. The van der Waals surface area contributed by atoms with Gasteiger partial charge in [0.25, 0.3) is 11.5 Å². The molecule has 2 N–H and O–H groups in total. The maximum atomic E-state index is 12.4. The standard InChI is InChI=1S/C19H18N4O3/c1-20-18(25)14-6-4-5-13(9-14)10-21-17(24)11-23-12-22-16-8-3-2-7-15(16)19(23)26/h2-9,12H,10-11H2,1H3,(H,20,25)(H,21,24). The molecule has 0 bridgehead atoms. The van der Waals surface area contributed by atoms with Gasteiger partial charge in [-0.3, -0.25) is 19.0 Å². The average Bonchev–Trinajstić information content (AvgIpc) is 2.68. The van der Waals surface area contributed by atoms with Crippen molar-refractivity contribution in [3.63, 3.8) is 0 Å². The first-order valence-corrected chi connectivity index (χ1v) is 8.10. The minimum atomic E-state index is -0.311. The van der Waals surface area contributed by atoms with E-state index >= 15 is 0 Å². The lowest BCUT2D eigenvalue weighted by molar-refractivity contribution is -0.121. The monoisotopic (exact) mass is 350 g/mol. The van der Waals surface area contributed by atoms with Gasteiger partial charge in [0.2, 0.25) is 5.91 Å². The molecule has 0 aliphatic carbocycles. The first-order valence-electron chi connectivity index (χ1n) is 8.10. The summed E-state index contributed by atoms with van der Waals surface area (Å²) in [5.41, 5.74) is 1.66. The van der Waals surface area contributed by atoms with Crippen LogP contribution in [0.2, 0.25) is 0 Å². The van der Waals surface area contributed by atoms with Crippen LogP contribution in [-0.4, -0.2) is 28.4 Å². The molecule has 3 aromatic rings. The molecule has 2 aromatic carbocycles. The smallest absolute Gasteiger partial charge is 0.261 e. The van der Waals surface area contributed by atoms with Crippen molar-refractivity contribution in [3.8, 4) is 0 Å². The topological polar surface area (TPSA) is 93.1 Å². The van der Waals surface area contributed by atoms with Crippen molar-refractivity contribution in [3.05, 3.63) is 76.3 Å². The number of hydrogen-bond acceptors (Lipinski definition) is 4. The third kappa shape index (κ3) is 3.77. The number of rotatable bonds is 5. The summed E-state index contributed by atoms with van der Waals surface area (Å²) in [4.78, 5) is 40.4. The predicted molar refractivity (Wildman–Crippen MR) is 97.7 cm³/mol. The van der Waals surface area contributed by atoms with Crippen molar-refractivity contribution >= 4 is 22.7 Å². The van der Waals surface area contributed by atoms with Crippen molar-refractivity contribution in [2.45, 2.75) is 13.1 Å². The van der Waals surface area contributed by atoms with Crippen LogP contribution in [-0.2, 0) is 17.9 Å². The van der Waals surface area contributed by atoms with E-state index in [1.54, 1.807) is 49.5 Å². The number of fused-ring (bicyclic) bond motifs is 1. The van der Waals surface area contributed by atoms with E-state index in [1.807, 2.05) is 6.07 Å². The van der Waals surface area contributed by atoms with Crippen LogP contribution in [0.3, 0.4) is 0 Å². The van der Waals surface area contributed by atoms with Crippen LogP contribution in [0.1, 0.15) is 15.9 Å². The number of nitrogens with zero attached hydrogens (tertiary/aromatic N) is 2. The SMILES string of the molecule is CNC(=O)c1cccc(CNC(=O)Cn2cnc3ccccc3c2=O)c1. The van der Waals surface area contributed by atoms with Crippen molar-refractivity contribution in [1.29, 1.82) is 0 Å². The number of para-hydroxylation sites is 1. The van der Waals surface area contributed by atoms with Crippen LogP contribution in [0.15, 0.2) is 59.7 Å². The number of aromatic nitrogens is 2. The molecule has 0 aliphatic rings. The minimum absolute atomic E-state index is 0.119. The Labute approximate surface area is 149 Å². The Morgan fingerprint density at radius 1 is 1.12 bits per heavy atom. The lowest BCUT2D eigenvalue weighted by Crippen LogP contribution is -2.32. The first-order chi connectivity index (χ1) is 12.6. The molecule has 1 heterocycles. The average molecular weight is 350 g/mol. The molecule has 0 saturated carbocycles. The number of benzene rings is 2. The molecule has 0 fully saturated rings. The highest BCUT2D eigenvalue weighted by atomic mass is 16.2. The summed E-state index contributed by atoms with van der Waals surface area (Å²) in [5, 5.41) is 5.78. The van der Waals surface area contributed by atoms with Crippen molar-refractivity contribution in [2.24, 2.45) is 0 Å². The number of amides is 2. The molecule has 7 nitrogen and oxygen atoms in total. The van der Waals surface area contributed by atoms with E-state index in [9.17, 15) is 14.4 Å². The van der Waals surface area contributed by atoms with Crippen molar-refractivity contribution in [1.82, 2.24) is 20.2 Å². The van der Waals surface area contributed by atoms with Gasteiger partial charge in [0.1, 0.15) is 6.54 Å². The quantitative estimate of drug-likeness (QED) is 0.720. The van der Waals surface area contributed by atoms with Crippen molar-refractivity contribution in [2.75, 3.05) is 7.05 Å². The summed E-state index contributed by atoms with van der Waals surface area (Å²) in [6.45, 7) is 0.144. The third-order valence-corrected chi connectivity index (χ3v) is 3.95. The van der Waals surface area contributed by atoms with Crippen LogP contribution in [0.5, 0.6) is 0 Å². The molecule has 3 rings (SSSR count). The maximum Gasteiger partial charge on any atom is 0.261 e. The molecule has 0 spiro atoms. The summed E-state index contributed by atoms with van der Waals surface area (Å²) >= 11 is 0. The lowest BCUT2D eigenvalue weighted by atomic mass is 10.1. The molecule has 0 radical (unpaired) electrons. The molecule has 26 heavy (non-hydrogen) atoms. The molecule has 132 valence electrons. The van der Waals surface area contributed by atoms with Crippen LogP contribution in [0.4, 0.5) is 0 Å². The highest BCUT2D eigenvalue weighted by molar-refractivity contribution is 5.94. The van der Waals surface area contributed by atoms with Gasteiger partial charge in [-0.15, -0.1) is 0 Å². The molecule has 0 unspecified atom stereocenters. The first kappa shape index (κ1) is 17.3. The van der Waals surface area contributed by atoms with Gasteiger partial charge in [-0.25, -0.2) is 4.98 Å². The van der Waals surface area contributed by atoms with Gasteiger partial charge in [-0.2, -0.15) is 0 Å². The van der Waals surface area contributed by atoms with Crippen LogP contribution < -0.4 is 16.2 Å². The number of carbonyl (C=O) groups is 2. The Bertz CT molecular complexity index is 1030. The van der Waals surface area contributed by atoms with Crippen LogP contribution in [0, 0.1) is 0 Å². The Hall–Kier alpha value is -3.48. The summed E-state index contributed by atoms with van der Waals surface area (Å²) in [6, 6.07) is 14.0. The zero-order valence-corrected chi connectivity index (χ0v) is 14.2.